The number of anilines is 2. The second kappa shape index (κ2) is 9.70. The van der Waals surface area contributed by atoms with E-state index in [-0.39, 0.29) is 36.7 Å². The molecule has 2 fully saturated rings. The van der Waals surface area contributed by atoms with Gasteiger partial charge in [-0.3, -0.25) is 4.79 Å². The number of nitrogens with zero attached hydrogens (tertiary/aromatic N) is 2. The number of amides is 1. The maximum absolute atomic E-state index is 14.6. The number of hydrogen-bond acceptors (Lipinski definition) is 5. The molecule has 0 aromatic heterocycles. The number of carbonyl (C=O) groups is 1. The van der Waals surface area contributed by atoms with Gasteiger partial charge in [-0.1, -0.05) is 0 Å². The maximum Gasteiger partial charge on any atom is 0.243 e. The molecular weight excluding hydrogens is 459 g/mol. The summed E-state index contributed by atoms with van der Waals surface area (Å²) >= 11 is 0. The number of benzene rings is 2. The standard InChI is InChI=1S/C22H24F3N3O4S/c23-18-3-2-17(14-19(18)24)33(30,31)28-7-5-15(6-8-28)22(29)26-16-1-4-21(20(25)13-16)27-9-11-32-12-10-27/h1-4,13-15H,5-12H2,(H,26,29). The molecule has 0 radical (unpaired) electrons. The Hall–Kier alpha value is -2.63. The molecule has 0 bridgehead atoms. The average molecular weight is 484 g/mol. The first-order valence-electron chi connectivity index (χ1n) is 10.6. The lowest BCUT2D eigenvalue weighted by Gasteiger charge is -2.31. The van der Waals surface area contributed by atoms with Gasteiger partial charge in [-0.25, -0.2) is 21.6 Å². The van der Waals surface area contributed by atoms with Gasteiger partial charge in [0, 0.05) is 37.8 Å². The van der Waals surface area contributed by atoms with Crippen molar-refractivity contribution in [1.29, 1.82) is 0 Å². The van der Waals surface area contributed by atoms with E-state index in [1.807, 2.05) is 4.90 Å². The van der Waals surface area contributed by atoms with Crippen LogP contribution in [0.25, 0.3) is 0 Å². The second-order valence-electron chi connectivity index (χ2n) is 8.01. The van der Waals surface area contributed by atoms with Crippen LogP contribution in [0.3, 0.4) is 0 Å². The Kier molecular flexibility index (Phi) is 6.91. The summed E-state index contributed by atoms with van der Waals surface area (Å²) in [6.07, 6.45) is 0.506. The van der Waals surface area contributed by atoms with Crippen LogP contribution in [0, 0.1) is 23.4 Å². The maximum atomic E-state index is 14.6. The number of rotatable bonds is 5. The number of nitrogens with one attached hydrogen (secondary N) is 1. The van der Waals surface area contributed by atoms with Crippen LogP contribution in [0.4, 0.5) is 24.5 Å². The largest absolute Gasteiger partial charge is 0.378 e. The van der Waals surface area contributed by atoms with Crippen molar-refractivity contribution in [2.45, 2.75) is 17.7 Å². The number of halogens is 3. The molecule has 4 rings (SSSR count). The summed E-state index contributed by atoms with van der Waals surface area (Å²) in [5.74, 6) is -3.58. The normalized spacial score (nSPS) is 18.3. The minimum absolute atomic E-state index is 0.0593. The van der Waals surface area contributed by atoms with Crippen molar-refractivity contribution < 1.29 is 31.1 Å². The number of carbonyl (C=O) groups excluding carboxylic acids is 1. The van der Waals surface area contributed by atoms with Gasteiger partial charge in [0.15, 0.2) is 11.6 Å². The van der Waals surface area contributed by atoms with Crippen LogP contribution in [-0.2, 0) is 19.6 Å². The van der Waals surface area contributed by atoms with Crippen molar-refractivity contribution >= 4 is 27.3 Å². The highest BCUT2D eigenvalue weighted by molar-refractivity contribution is 7.89. The molecule has 2 aromatic rings. The van der Waals surface area contributed by atoms with Crippen LogP contribution in [0.2, 0.25) is 0 Å². The molecule has 2 aliphatic heterocycles. The number of morpholine rings is 1. The minimum atomic E-state index is -4.00. The van der Waals surface area contributed by atoms with E-state index in [2.05, 4.69) is 5.32 Å². The van der Waals surface area contributed by atoms with Gasteiger partial charge in [-0.2, -0.15) is 4.31 Å². The molecule has 2 heterocycles. The summed E-state index contributed by atoms with van der Waals surface area (Å²) in [7, 11) is -4.00. The van der Waals surface area contributed by atoms with E-state index in [1.165, 1.54) is 6.07 Å². The van der Waals surface area contributed by atoms with Crippen molar-refractivity contribution in [3.05, 3.63) is 53.8 Å². The van der Waals surface area contributed by atoms with Crippen molar-refractivity contribution in [1.82, 2.24) is 4.31 Å². The van der Waals surface area contributed by atoms with Crippen molar-refractivity contribution in [2.75, 3.05) is 49.6 Å². The zero-order valence-corrected chi connectivity index (χ0v) is 18.6. The highest BCUT2D eigenvalue weighted by atomic mass is 32.2. The third-order valence-corrected chi connectivity index (χ3v) is 7.82. The van der Waals surface area contributed by atoms with E-state index >= 15 is 0 Å². The quantitative estimate of drug-likeness (QED) is 0.708. The Morgan fingerprint density at radius 3 is 2.24 bits per heavy atom. The summed E-state index contributed by atoms with van der Waals surface area (Å²) in [6, 6.07) is 6.96. The molecule has 0 spiro atoms. The highest BCUT2D eigenvalue weighted by Crippen LogP contribution is 2.27. The van der Waals surface area contributed by atoms with E-state index in [0.717, 1.165) is 16.4 Å². The van der Waals surface area contributed by atoms with Crippen molar-refractivity contribution in [3.8, 4) is 0 Å². The molecule has 178 valence electrons. The number of sulfonamides is 1. The van der Waals surface area contributed by atoms with Gasteiger partial charge in [0.2, 0.25) is 15.9 Å². The topological polar surface area (TPSA) is 79.0 Å². The van der Waals surface area contributed by atoms with E-state index in [4.69, 9.17) is 4.74 Å². The van der Waals surface area contributed by atoms with E-state index < -0.39 is 33.4 Å². The van der Waals surface area contributed by atoms with Crippen LogP contribution in [0.15, 0.2) is 41.3 Å². The Bertz CT molecular complexity index is 1130. The molecule has 7 nitrogen and oxygen atoms in total. The van der Waals surface area contributed by atoms with Gasteiger partial charge < -0.3 is 15.0 Å². The molecule has 11 heteroatoms. The molecule has 0 saturated carbocycles. The van der Waals surface area contributed by atoms with Gasteiger partial charge in [0.05, 0.1) is 23.8 Å². The lowest BCUT2D eigenvalue weighted by molar-refractivity contribution is -0.120. The molecule has 33 heavy (non-hydrogen) atoms. The van der Waals surface area contributed by atoms with Crippen LogP contribution >= 0.6 is 0 Å². The van der Waals surface area contributed by atoms with Crippen LogP contribution < -0.4 is 10.2 Å². The molecule has 0 atom stereocenters. The fourth-order valence-electron chi connectivity index (χ4n) is 4.03. The zero-order valence-electron chi connectivity index (χ0n) is 17.8. The summed E-state index contributed by atoms with van der Waals surface area (Å²) < 4.78 is 73.0. The molecule has 0 unspecified atom stereocenters. The monoisotopic (exact) mass is 483 g/mol. The molecule has 2 aromatic carbocycles. The fourth-order valence-corrected chi connectivity index (χ4v) is 5.52. The zero-order chi connectivity index (χ0) is 23.6. The number of ether oxygens (including phenoxy) is 1. The molecule has 2 saturated heterocycles. The molecule has 0 aliphatic carbocycles. The first kappa shape index (κ1) is 23.5. The molecule has 1 N–H and O–H groups in total. The van der Waals surface area contributed by atoms with Crippen LogP contribution in [0.5, 0.6) is 0 Å². The molecular formula is C22H24F3N3O4S. The van der Waals surface area contributed by atoms with Gasteiger partial charge in [0.25, 0.3) is 0 Å². The SMILES string of the molecule is O=C(Nc1ccc(N2CCOCC2)c(F)c1)C1CCN(S(=O)(=O)c2ccc(F)c(F)c2)CC1. The van der Waals surface area contributed by atoms with Gasteiger partial charge in [0.1, 0.15) is 5.82 Å². The minimum Gasteiger partial charge on any atom is -0.378 e. The van der Waals surface area contributed by atoms with Crippen molar-refractivity contribution in [3.63, 3.8) is 0 Å². The summed E-state index contributed by atoms with van der Waals surface area (Å²) in [4.78, 5) is 14.2. The van der Waals surface area contributed by atoms with E-state index in [1.54, 1.807) is 12.1 Å². The average Bonchev–Trinajstić information content (AvgIpc) is 2.81. The number of piperidine rings is 1. The Labute approximate surface area is 190 Å². The number of hydrogen-bond donors (Lipinski definition) is 1. The van der Waals surface area contributed by atoms with E-state index in [9.17, 15) is 26.4 Å². The second-order valence-corrected chi connectivity index (χ2v) is 9.95. The Balaban J connectivity index is 1.35. The summed E-state index contributed by atoms with van der Waals surface area (Å²) in [6.45, 7) is 2.36. The fraction of sp³-hybridized carbons (Fsp3) is 0.409. The van der Waals surface area contributed by atoms with Crippen LogP contribution in [0.1, 0.15) is 12.8 Å². The summed E-state index contributed by atoms with van der Waals surface area (Å²) in [5.41, 5.74) is 0.776. The highest BCUT2D eigenvalue weighted by Gasteiger charge is 2.32. The van der Waals surface area contributed by atoms with E-state index in [0.29, 0.717) is 43.7 Å². The van der Waals surface area contributed by atoms with Gasteiger partial charge >= 0.3 is 0 Å². The first-order valence-corrected chi connectivity index (χ1v) is 12.1. The third-order valence-electron chi connectivity index (χ3n) is 5.92. The smallest absolute Gasteiger partial charge is 0.243 e. The Morgan fingerprint density at radius 1 is 0.909 bits per heavy atom. The van der Waals surface area contributed by atoms with Crippen LogP contribution in [-0.4, -0.2) is 58.0 Å². The lowest BCUT2D eigenvalue weighted by atomic mass is 9.97. The molecule has 2 aliphatic rings. The predicted molar refractivity (Wildman–Crippen MR) is 116 cm³/mol. The van der Waals surface area contributed by atoms with Gasteiger partial charge in [-0.05, 0) is 49.2 Å². The van der Waals surface area contributed by atoms with Crippen molar-refractivity contribution in [2.24, 2.45) is 5.92 Å². The first-order chi connectivity index (χ1) is 15.8. The third kappa shape index (κ3) is 5.15. The lowest BCUT2D eigenvalue weighted by Crippen LogP contribution is -2.41. The Morgan fingerprint density at radius 2 is 1.61 bits per heavy atom. The predicted octanol–water partition coefficient (Wildman–Crippen LogP) is 2.98. The summed E-state index contributed by atoms with van der Waals surface area (Å²) in [5, 5.41) is 2.70. The molecule has 1 amide bonds. The van der Waals surface area contributed by atoms with Gasteiger partial charge in [-0.15, -0.1) is 0 Å².